The van der Waals surface area contributed by atoms with Crippen LogP contribution in [0.1, 0.15) is 29.5 Å². The summed E-state index contributed by atoms with van der Waals surface area (Å²) in [7, 11) is -1.81. The average Bonchev–Trinajstić information content (AvgIpc) is 2.61. The van der Waals surface area contributed by atoms with Crippen molar-refractivity contribution in [1.82, 2.24) is 0 Å². The lowest BCUT2D eigenvalue weighted by Crippen LogP contribution is -2.31. The molecule has 28 heavy (non-hydrogen) atoms. The first kappa shape index (κ1) is 21.9. The number of sulfonamides is 1. The molecule has 0 aromatic heterocycles. The summed E-state index contributed by atoms with van der Waals surface area (Å²) >= 11 is 0. The number of aryl methyl sites for hydroxylation is 2. The molecule has 0 heterocycles. The quantitative estimate of drug-likeness (QED) is 0.692. The van der Waals surface area contributed by atoms with Crippen molar-refractivity contribution in [1.29, 1.82) is 0 Å². The van der Waals surface area contributed by atoms with Crippen LogP contribution in [0, 0.1) is 13.8 Å². The lowest BCUT2D eigenvalue weighted by molar-refractivity contribution is -0.116. The van der Waals surface area contributed by atoms with E-state index in [1.165, 1.54) is 10.6 Å². The Labute approximate surface area is 167 Å². The standard InChI is InChI=1S/C21H28N2O4S/c1-16-10-11-20(13-17(16)2)23(28(4,25)26)12-6-9-21(24)22-19-8-5-7-18(14-19)15-27-3/h5,7-8,10-11,13-14H,6,9,12,15H2,1-4H3,(H,22,24). The molecule has 2 aromatic carbocycles. The molecule has 0 saturated carbocycles. The SMILES string of the molecule is COCc1cccc(NC(=O)CCCN(c2ccc(C)c(C)c2)S(C)(=O)=O)c1. The molecule has 2 rings (SSSR count). The number of hydrogen-bond donors (Lipinski definition) is 1. The van der Waals surface area contributed by atoms with Gasteiger partial charge in [0.05, 0.1) is 18.6 Å². The predicted octanol–water partition coefficient (Wildman–Crippen LogP) is 3.63. The molecule has 0 unspecified atom stereocenters. The van der Waals surface area contributed by atoms with Crippen molar-refractivity contribution in [2.24, 2.45) is 0 Å². The second kappa shape index (κ2) is 9.71. The number of nitrogens with zero attached hydrogens (tertiary/aromatic N) is 1. The van der Waals surface area contributed by atoms with Crippen LogP contribution in [-0.2, 0) is 26.2 Å². The van der Waals surface area contributed by atoms with Crippen LogP contribution in [0.2, 0.25) is 0 Å². The Balaban J connectivity index is 1.97. The fourth-order valence-electron chi connectivity index (χ4n) is 2.88. The fourth-order valence-corrected chi connectivity index (χ4v) is 3.84. The molecule has 0 fully saturated rings. The van der Waals surface area contributed by atoms with E-state index in [1.54, 1.807) is 13.2 Å². The van der Waals surface area contributed by atoms with Gasteiger partial charge in [-0.15, -0.1) is 0 Å². The Morgan fingerprint density at radius 1 is 1.11 bits per heavy atom. The maximum Gasteiger partial charge on any atom is 0.232 e. The van der Waals surface area contributed by atoms with Gasteiger partial charge in [-0.3, -0.25) is 9.10 Å². The minimum Gasteiger partial charge on any atom is -0.380 e. The van der Waals surface area contributed by atoms with Gasteiger partial charge in [0, 0.05) is 25.8 Å². The molecular weight excluding hydrogens is 376 g/mol. The molecule has 7 heteroatoms. The van der Waals surface area contributed by atoms with E-state index in [9.17, 15) is 13.2 Å². The van der Waals surface area contributed by atoms with Crippen LogP contribution in [-0.4, -0.2) is 34.2 Å². The number of hydrogen-bond acceptors (Lipinski definition) is 4. The van der Waals surface area contributed by atoms with E-state index in [2.05, 4.69) is 5.32 Å². The number of amides is 1. The van der Waals surface area contributed by atoms with Crippen LogP contribution in [0.3, 0.4) is 0 Å². The summed E-state index contributed by atoms with van der Waals surface area (Å²) in [6, 6.07) is 13.0. The first-order valence-electron chi connectivity index (χ1n) is 9.13. The topological polar surface area (TPSA) is 75.7 Å². The maximum absolute atomic E-state index is 12.2. The fraction of sp³-hybridized carbons (Fsp3) is 0.381. The smallest absolute Gasteiger partial charge is 0.232 e. The van der Waals surface area contributed by atoms with Crippen molar-refractivity contribution < 1.29 is 17.9 Å². The van der Waals surface area contributed by atoms with E-state index in [-0.39, 0.29) is 18.9 Å². The first-order valence-corrected chi connectivity index (χ1v) is 11.0. The van der Waals surface area contributed by atoms with Gasteiger partial charge in [0.25, 0.3) is 0 Å². The monoisotopic (exact) mass is 404 g/mol. The Morgan fingerprint density at radius 3 is 2.50 bits per heavy atom. The lowest BCUT2D eigenvalue weighted by atomic mass is 10.1. The van der Waals surface area contributed by atoms with Crippen molar-refractivity contribution in [2.45, 2.75) is 33.3 Å². The van der Waals surface area contributed by atoms with E-state index in [0.29, 0.717) is 24.4 Å². The van der Waals surface area contributed by atoms with Gasteiger partial charge in [0.15, 0.2) is 0 Å². The zero-order valence-electron chi connectivity index (χ0n) is 16.9. The number of benzene rings is 2. The Bertz CT molecular complexity index is 926. The molecule has 0 aliphatic carbocycles. The first-order chi connectivity index (χ1) is 13.2. The van der Waals surface area contributed by atoms with Crippen LogP contribution in [0.25, 0.3) is 0 Å². The summed E-state index contributed by atoms with van der Waals surface area (Å²) in [4.78, 5) is 12.2. The predicted molar refractivity (Wildman–Crippen MR) is 113 cm³/mol. The van der Waals surface area contributed by atoms with Crippen molar-refractivity contribution in [3.05, 3.63) is 59.2 Å². The highest BCUT2D eigenvalue weighted by Crippen LogP contribution is 2.22. The van der Waals surface area contributed by atoms with Crippen molar-refractivity contribution in [2.75, 3.05) is 29.5 Å². The van der Waals surface area contributed by atoms with Crippen LogP contribution >= 0.6 is 0 Å². The molecule has 0 radical (unpaired) electrons. The zero-order valence-corrected chi connectivity index (χ0v) is 17.7. The number of carbonyl (C=O) groups excluding carboxylic acids is 1. The molecule has 0 aliphatic rings. The summed E-state index contributed by atoms with van der Waals surface area (Å²) in [6.45, 7) is 4.65. The summed E-state index contributed by atoms with van der Waals surface area (Å²) in [6.07, 6.45) is 1.83. The van der Waals surface area contributed by atoms with E-state index < -0.39 is 10.0 Å². The van der Waals surface area contributed by atoms with E-state index in [0.717, 1.165) is 16.7 Å². The molecule has 1 N–H and O–H groups in total. The Kier molecular flexibility index (Phi) is 7.60. The highest BCUT2D eigenvalue weighted by molar-refractivity contribution is 7.92. The van der Waals surface area contributed by atoms with Crippen LogP contribution in [0.4, 0.5) is 11.4 Å². The van der Waals surface area contributed by atoms with Gasteiger partial charge in [0.2, 0.25) is 15.9 Å². The molecule has 152 valence electrons. The Hall–Kier alpha value is -2.38. The highest BCUT2D eigenvalue weighted by Gasteiger charge is 2.18. The summed E-state index contributed by atoms with van der Waals surface area (Å²) in [5.41, 5.74) is 4.43. The van der Waals surface area contributed by atoms with Gasteiger partial charge >= 0.3 is 0 Å². The number of rotatable bonds is 9. The largest absolute Gasteiger partial charge is 0.380 e. The highest BCUT2D eigenvalue weighted by atomic mass is 32.2. The Morgan fingerprint density at radius 2 is 1.86 bits per heavy atom. The molecule has 2 aromatic rings. The number of ether oxygens (including phenoxy) is 1. The van der Waals surface area contributed by atoms with E-state index in [1.807, 2.05) is 50.2 Å². The second-order valence-corrected chi connectivity index (χ2v) is 8.80. The summed E-state index contributed by atoms with van der Waals surface area (Å²) in [5.74, 6) is -0.150. The molecule has 0 saturated heterocycles. The number of carbonyl (C=O) groups is 1. The van der Waals surface area contributed by atoms with Crippen LogP contribution < -0.4 is 9.62 Å². The average molecular weight is 405 g/mol. The molecule has 1 amide bonds. The van der Waals surface area contributed by atoms with Gasteiger partial charge in [0.1, 0.15) is 0 Å². The van der Waals surface area contributed by atoms with Gasteiger partial charge in [-0.25, -0.2) is 8.42 Å². The van der Waals surface area contributed by atoms with E-state index >= 15 is 0 Å². The minimum atomic E-state index is -3.43. The number of anilines is 2. The number of nitrogens with one attached hydrogen (secondary N) is 1. The molecule has 0 spiro atoms. The van der Waals surface area contributed by atoms with Crippen molar-refractivity contribution in [3.8, 4) is 0 Å². The van der Waals surface area contributed by atoms with E-state index in [4.69, 9.17) is 4.74 Å². The summed E-state index contributed by atoms with van der Waals surface area (Å²) < 4.78 is 30.9. The third kappa shape index (κ3) is 6.35. The second-order valence-electron chi connectivity index (χ2n) is 6.89. The van der Waals surface area contributed by atoms with Crippen molar-refractivity contribution in [3.63, 3.8) is 0 Å². The lowest BCUT2D eigenvalue weighted by Gasteiger charge is -2.23. The minimum absolute atomic E-state index is 0.150. The number of methoxy groups -OCH3 is 1. The molecule has 0 aliphatic heterocycles. The molecule has 6 nitrogen and oxygen atoms in total. The maximum atomic E-state index is 12.2. The van der Waals surface area contributed by atoms with Gasteiger partial charge in [-0.05, 0) is 61.2 Å². The molecular formula is C21H28N2O4S. The van der Waals surface area contributed by atoms with Gasteiger partial charge < -0.3 is 10.1 Å². The normalized spacial score (nSPS) is 11.3. The summed E-state index contributed by atoms with van der Waals surface area (Å²) in [5, 5.41) is 2.85. The van der Waals surface area contributed by atoms with Crippen molar-refractivity contribution >= 4 is 27.3 Å². The van der Waals surface area contributed by atoms with Gasteiger partial charge in [-0.1, -0.05) is 18.2 Å². The zero-order chi connectivity index (χ0) is 20.7. The van der Waals surface area contributed by atoms with Crippen LogP contribution in [0.5, 0.6) is 0 Å². The molecule has 0 atom stereocenters. The van der Waals surface area contributed by atoms with Crippen LogP contribution in [0.15, 0.2) is 42.5 Å². The molecule has 0 bridgehead atoms. The third-order valence-corrected chi connectivity index (χ3v) is 5.66. The van der Waals surface area contributed by atoms with Gasteiger partial charge in [-0.2, -0.15) is 0 Å². The third-order valence-electron chi connectivity index (χ3n) is 4.47.